The van der Waals surface area contributed by atoms with Gasteiger partial charge in [-0.3, -0.25) is 0 Å². The Morgan fingerprint density at radius 2 is 1.86 bits per heavy atom. The van der Waals surface area contributed by atoms with Gasteiger partial charge in [0.05, 0.1) is 24.8 Å². The van der Waals surface area contributed by atoms with Gasteiger partial charge in [0.2, 0.25) is 5.79 Å². The first-order valence-corrected chi connectivity index (χ1v) is 18.1. The zero-order chi connectivity index (χ0) is 36.5. The van der Waals surface area contributed by atoms with E-state index < -0.39 is 35.5 Å². The number of carbonyl (C=O) groups is 2. The van der Waals surface area contributed by atoms with E-state index in [2.05, 4.69) is 18.0 Å². The second kappa shape index (κ2) is 17.5. The summed E-state index contributed by atoms with van der Waals surface area (Å²) in [6.45, 7) is 14.3. The Morgan fingerprint density at radius 1 is 1.14 bits per heavy atom. The number of aliphatic hydroxyl groups excluding tert-OH is 2. The predicted molar refractivity (Wildman–Crippen MR) is 190 cm³/mol. The highest BCUT2D eigenvalue weighted by molar-refractivity contribution is 6.03. The SMILES string of the molecule is C=CCO[C@@]12Oc3ccc(OC(=O)NCC)cc3[C@H]3[C@H](CCCCO)[C@@H](CCCCO)C=C(C(=NOC(C)(C)C)C[C@@H]1N(C)C(=O)OCC)[C@H]32. The topological polar surface area (TPSA) is 148 Å². The Morgan fingerprint density at radius 3 is 2.50 bits per heavy atom. The third kappa shape index (κ3) is 8.81. The number of nitrogens with one attached hydrogen (secondary N) is 1. The second-order valence-electron chi connectivity index (χ2n) is 14.2. The summed E-state index contributed by atoms with van der Waals surface area (Å²) < 4.78 is 25.1. The van der Waals surface area contributed by atoms with Crippen LogP contribution in [0.4, 0.5) is 9.59 Å². The van der Waals surface area contributed by atoms with Crippen LogP contribution in [-0.2, 0) is 14.3 Å². The molecule has 1 fully saturated rings. The Labute approximate surface area is 296 Å². The minimum atomic E-state index is -1.38. The molecule has 1 aromatic carbocycles. The number of hydrogen-bond donors (Lipinski definition) is 3. The molecular weight excluding hydrogens is 642 g/mol. The van der Waals surface area contributed by atoms with E-state index in [0.29, 0.717) is 36.6 Å². The van der Waals surface area contributed by atoms with Gasteiger partial charge in [0.15, 0.2) is 0 Å². The molecule has 0 radical (unpaired) electrons. The molecule has 4 rings (SSSR count). The largest absolute Gasteiger partial charge is 0.459 e. The van der Waals surface area contributed by atoms with Gasteiger partial charge in [0.25, 0.3) is 0 Å². The summed E-state index contributed by atoms with van der Waals surface area (Å²) in [5, 5.41) is 26.9. The third-order valence-corrected chi connectivity index (χ3v) is 9.63. The van der Waals surface area contributed by atoms with E-state index in [-0.39, 0.29) is 50.6 Å². The van der Waals surface area contributed by atoms with Crippen molar-refractivity contribution in [2.45, 2.75) is 103 Å². The van der Waals surface area contributed by atoms with E-state index >= 15 is 0 Å². The molecule has 0 spiro atoms. The van der Waals surface area contributed by atoms with Crippen molar-refractivity contribution in [3.63, 3.8) is 0 Å². The van der Waals surface area contributed by atoms with Gasteiger partial charge in [-0.1, -0.05) is 30.1 Å². The number of hydrogen-bond acceptors (Lipinski definition) is 10. The minimum Gasteiger partial charge on any atom is -0.459 e. The molecule has 3 N–H and O–H groups in total. The lowest BCUT2D eigenvalue weighted by Gasteiger charge is -2.59. The number of nitrogens with zero attached hydrogens (tertiary/aromatic N) is 2. The van der Waals surface area contributed by atoms with Crippen molar-refractivity contribution in [1.82, 2.24) is 10.2 Å². The zero-order valence-electron chi connectivity index (χ0n) is 30.6. The Balaban J connectivity index is 2.03. The van der Waals surface area contributed by atoms with E-state index in [4.69, 9.17) is 28.9 Å². The summed E-state index contributed by atoms with van der Waals surface area (Å²) in [6.07, 6.45) is 7.69. The molecule has 0 unspecified atom stereocenters. The van der Waals surface area contributed by atoms with Crippen LogP contribution in [-0.4, -0.2) is 90.5 Å². The fraction of sp³-hybridized carbons (Fsp3) is 0.658. The van der Waals surface area contributed by atoms with Crippen molar-refractivity contribution in [2.75, 3.05) is 40.0 Å². The number of unbranched alkanes of at least 4 members (excludes halogenated alkanes) is 2. The average molecular weight is 700 g/mol. The number of fused-ring (bicyclic) bond motifs is 2. The van der Waals surface area contributed by atoms with Gasteiger partial charge in [0.1, 0.15) is 23.1 Å². The minimum absolute atomic E-state index is 0.0412. The van der Waals surface area contributed by atoms with Gasteiger partial charge >= 0.3 is 12.2 Å². The molecule has 12 heteroatoms. The number of benzene rings is 1. The molecule has 50 heavy (non-hydrogen) atoms. The van der Waals surface area contributed by atoms with Gasteiger partial charge in [-0.05, 0) is 95.9 Å². The van der Waals surface area contributed by atoms with Crippen LogP contribution in [0.3, 0.4) is 0 Å². The fourth-order valence-electron chi connectivity index (χ4n) is 7.62. The van der Waals surface area contributed by atoms with Crippen molar-refractivity contribution in [3.05, 3.63) is 48.1 Å². The van der Waals surface area contributed by atoms with Gasteiger partial charge < -0.3 is 44.2 Å². The molecule has 2 amide bonds. The molecule has 3 aliphatic rings. The molecule has 6 atom stereocenters. The maximum Gasteiger partial charge on any atom is 0.412 e. The number of ether oxygens (including phenoxy) is 4. The summed E-state index contributed by atoms with van der Waals surface area (Å²) in [5.41, 5.74) is 1.89. The van der Waals surface area contributed by atoms with Crippen LogP contribution in [0.25, 0.3) is 0 Å². The third-order valence-electron chi connectivity index (χ3n) is 9.63. The molecular formula is C38H57N3O9. The van der Waals surface area contributed by atoms with Crippen LogP contribution in [0, 0.1) is 17.8 Å². The number of aliphatic hydroxyl groups is 2. The molecule has 1 heterocycles. The lowest BCUT2D eigenvalue weighted by molar-refractivity contribution is -0.253. The second-order valence-corrected chi connectivity index (χ2v) is 14.2. The summed E-state index contributed by atoms with van der Waals surface area (Å²) in [5.74, 6) is -1.03. The zero-order valence-corrected chi connectivity index (χ0v) is 30.6. The van der Waals surface area contributed by atoms with Crippen LogP contribution in [0.15, 0.2) is 47.7 Å². The first-order chi connectivity index (χ1) is 23.9. The molecule has 0 bridgehead atoms. The number of carbonyl (C=O) groups excluding carboxylic acids is 2. The van der Waals surface area contributed by atoms with Gasteiger partial charge in [-0.2, -0.15) is 0 Å². The quantitative estimate of drug-likeness (QED) is 0.103. The Kier molecular flexibility index (Phi) is 13.8. The first kappa shape index (κ1) is 39.2. The number of allylic oxidation sites excluding steroid dienone is 1. The van der Waals surface area contributed by atoms with Crippen LogP contribution < -0.4 is 14.8 Å². The lowest BCUT2D eigenvalue weighted by atomic mass is 9.55. The first-order valence-electron chi connectivity index (χ1n) is 18.1. The highest BCUT2D eigenvalue weighted by atomic mass is 16.7. The monoisotopic (exact) mass is 699 g/mol. The molecule has 1 saturated carbocycles. The average Bonchev–Trinajstić information content (AvgIpc) is 3.07. The normalized spacial score (nSPS) is 26.1. The highest BCUT2D eigenvalue weighted by Gasteiger charge is 2.65. The standard InChI is InChI=1S/C38H57N3O9/c1-8-21-47-38-32(41(7)36(45)46-10-3)24-30(40-50-37(4,5)6)28-22-25(15-11-13-19-42)27(16-12-14-20-43)33(34(28)38)29-23-26(17-18-31(29)49-38)48-35(44)39-9-2/h8,17-18,22-23,25,27,32-34,42-43H,1,9-16,19-21,24H2,2-7H3,(H,39,44)/t25-,27+,32-,33+,34+,38+/m0/s1. The number of oxime groups is 1. The molecule has 1 aromatic rings. The van der Waals surface area contributed by atoms with E-state index in [1.165, 1.54) is 0 Å². The maximum absolute atomic E-state index is 13.5. The molecule has 12 nitrogen and oxygen atoms in total. The van der Waals surface area contributed by atoms with Crippen LogP contribution >= 0.6 is 0 Å². The highest BCUT2D eigenvalue weighted by Crippen LogP contribution is 2.61. The smallest absolute Gasteiger partial charge is 0.412 e. The summed E-state index contributed by atoms with van der Waals surface area (Å²) in [7, 11) is 1.69. The maximum atomic E-state index is 13.5. The molecule has 2 aliphatic carbocycles. The van der Waals surface area contributed by atoms with Crippen LogP contribution in [0.1, 0.15) is 91.0 Å². The van der Waals surface area contributed by atoms with E-state index in [1.54, 1.807) is 37.1 Å². The van der Waals surface area contributed by atoms with Gasteiger partial charge in [-0.25, -0.2) is 9.59 Å². The van der Waals surface area contributed by atoms with Crippen molar-refractivity contribution in [2.24, 2.45) is 22.9 Å². The fourth-order valence-corrected chi connectivity index (χ4v) is 7.62. The number of likely N-dealkylation sites (N-methyl/N-ethyl adjacent to an activating group) is 1. The molecule has 0 saturated heterocycles. The van der Waals surface area contributed by atoms with Crippen molar-refractivity contribution in [3.8, 4) is 11.5 Å². The summed E-state index contributed by atoms with van der Waals surface area (Å²) >= 11 is 0. The molecule has 0 aromatic heterocycles. The molecule has 278 valence electrons. The Hall–Kier alpha value is -3.61. The summed E-state index contributed by atoms with van der Waals surface area (Å²) in [4.78, 5) is 33.6. The number of rotatable bonds is 16. The predicted octanol–water partition coefficient (Wildman–Crippen LogP) is 6.32. The number of amides is 2. The van der Waals surface area contributed by atoms with E-state index in [1.807, 2.05) is 33.8 Å². The van der Waals surface area contributed by atoms with E-state index in [0.717, 1.165) is 36.8 Å². The van der Waals surface area contributed by atoms with Crippen molar-refractivity contribution < 1.29 is 43.6 Å². The van der Waals surface area contributed by atoms with Gasteiger partial charge in [-0.15, -0.1) is 6.58 Å². The van der Waals surface area contributed by atoms with Crippen LogP contribution in [0.5, 0.6) is 11.5 Å². The Bertz CT molecular complexity index is 1390. The molecule has 1 aliphatic heterocycles. The van der Waals surface area contributed by atoms with E-state index in [9.17, 15) is 19.8 Å². The van der Waals surface area contributed by atoms with Crippen molar-refractivity contribution >= 4 is 17.9 Å². The van der Waals surface area contributed by atoms with Crippen LogP contribution in [0.2, 0.25) is 0 Å². The lowest BCUT2D eigenvalue weighted by Crippen LogP contribution is -2.69. The van der Waals surface area contributed by atoms with Crippen molar-refractivity contribution in [1.29, 1.82) is 0 Å². The summed E-state index contributed by atoms with van der Waals surface area (Å²) in [6, 6.07) is 4.69. The van der Waals surface area contributed by atoms with Gasteiger partial charge in [0, 0.05) is 44.7 Å².